The van der Waals surface area contributed by atoms with Crippen LogP contribution in [-0.2, 0) is 0 Å². The molecule has 0 amide bonds. The SMILES string of the molecule is Fc1ccc(Sc2snnc2-c2ccc(F)cc2)cc1. The summed E-state index contributed by atoms with van der Waals surface area (Å²) in [4.78, 5) is 0.904. The van der Waals surface area contributed by atoms with Gasteiger partial charge in [0.1, 0.15) is 21.5 Å². The van der Waals surface area contributed by atoms with Crippen LogP contribution < -0.4 is 0 Å². The summed E-state index contributed by atoms with van der Waals surface area (Å²) in [5.74, 6) is -0.555. The van der Waals surface area contributed by atoms with Gasteiger partial charge in [0.15, 0.2) is 0 Å². The minimum atomic E-state index is -0.287. The van der Waals surface area contributed by atoms with E-state index >= 15 is 0 Å². The van der Waals surface area contributed by atoms with Gasteiger partial charge in [-0.1, -0.05) is 16.3 Å². The Morgan fingerprint density at radius 3 is 2.10 bits per heavy atom. The molecule has 20 heavy (non-hydrogen) atoms. The van der Waals surface area contributed by atoms with Crippen LogP contribution in [0.5, 0.6) is 0 Å². The van der Waals surface area contributed by atoms with Crippen LogP contribution in [0.15, 0.2) is 57.6 Å². The molecule has 0 atom stereocenters. The van der Waals surface area contributed by atoms with E-state index in [0.717, 1.165) is 14.7 Å². The normalized spacial score (nSPS) is 10.7. The van der Waals surface area contributed by atoms with Gasteiger partial charge >= 0.3 is 0 Å². The summed E-state index contributed by atoms with van der Waals surface area (Å²) >= 11 is 2.72. The first-order valence-corrected chi connectivity index (χ1v) is 7.33. The molecule has 0 radical (unpaired) electrons. The molecule has 100 valence electrons. The summed E-state index contributed by atoms with van der Waals surface area (Å²) in [5, 5.41) is 4.08. The molecular formula is C14H8F2N2S2. The average Bonchev–Trinajstić information content (AvgIpc) is 2.90. The Balaban J connectivity index is 1.90. The molecule has 0 saturated carbocycles. The van der Waals surface area contributed by atoms with Crippen LogP contribution in [0.2, 0.25) is 0 Å². The fourth-order valence-corrected chi connectivity index (χ4v) is 3.36. The summed E-state index contributed by atoms with van der Waals surface area (Å²) in [5.41, 5.74) is 1.52. The van der Waals surface area contributed by atoms with E-state index in [0.29, 0.717) is 5.69 Å². The van der Waals surface area contributed by atoms with Crippen LogP contribution in [0.4, 0.5) is 8.78 Å². The van der Waals surface area contributed by atoms with Crippen molar-refractivity contribution in [2.75, 3.05) is 0 Å². The zero-order chi connectivity index (χ0) is 13.9. The van der Waals surface area contributed by atoms with Gasteiger partial charge in [-0.3, -0.25) is 0 Å². The third kappa shape index (κ3) is 2.86. The molecule has 0 N–H and O–H groups in total. The molecule has 0 saturated heterocycles. The predicted molar refractivity (Wildman–Crippen MR) is 75.8 cm³/mol. The smallest absolute Gasteiger partial charge is 0.123 e. The molecule has 1 aromatic heterocycles. The molecule has 3 aromatic rings. The van der Waals surface area contributed by atoms with Crippen LogP contribution in [-0.4, -0.2) is 9.59 Å². The van der Waals surface area contributed by atoms with Crippen molar-refractivity contribution >= 4 is 23.3 Å². The third-order valence-electron chi connectivity index (χ3n) is 2.60. The Bertz CT molecular complexity index is 709. The number of hydrogen-bond donors (Lipinski definition) is 0. The maximum atomic E-state index is 12.9. The minimum Gasteiger partial charge on any atom is -0.207 e. The van der Waals surface area contributed by atoms with Gasteiger partial charge in [-0.25, -0.2) is 8.78 Å². The molecule has 1 heterocycles. The van der Waals surface area contributed by atoms with E-state index in [1.165, 1.54) is 47.6 Å². The van der Waals surface area contributed by atoms with Gasteiger partial charge in [-0.2, -0.15) is 0 Å². The van der Waals surface area contributed by atoms with Crippen molar-refractivity contribution in [2.24, 2.45) is 0 Å². The van der Waals surface area contributed by atoms with E-state index in [1.807, 2.05) is 0 Å². The van der Waals surface area contributed by atoms with E-state index in [2.05, 4.69) is 9.59 Å². The van der Waals surface area contributed by atoms with E-state index in [1.54, 1.807) is 24.3 Å². The Kier molecular flexibility index (Phi) is 3.75. The summed E-state index contributed by atoms with van der Waals surface area (Å²) in [6.07, 6.45) is 0. The molecule has 0 bridgehead atoms. The first kappa shape index (κ1) is 13.2. The second kappa shape index (κ2) is 5.68. The fraction of sp³-hybridized carbons (Fsp3) is 0. The van der Waals surface area contributed by atoms with Gasteiger partial charge in [0, 0.05) is 10.5 Å². The van der Waals surface area contributed by atoms with Crippen LogP contribution >= 0.6 is 23.3 Å². The van der Waals surface area contributed by atoms with Crippen molar-refractivity contribution in [2.45, 2.75) is 9.10 Å². The Hall–Kier alpha value is -1.79. The van der Waals surface area contributed by atoms with Gasteiger partial charge in [-0.15, -0.1) is 5.10 Å². The van der Waals surface area contributed by atoms with Gasteiger partial charge in [0.05, 0.1) is 0 Å². The van der Waals surface area contributed by atoms with E-state index in [-0.39, 0.29) is 11.6 Å². The lowest BCUT2D eigenvalue weighted by Gasteiger charge is -2.01. The van der Waals surface area contributed by atoms with Gasteiger partial charge in [0.25, 0.3) is 0 Å². The standard InChI is InChI=1S/C14H8F2N2S2/c15-10-3-1-9(2-4-10)13-14(20-18-17-13)19-12-7-5-11(16)6-8-12/h1-8H. The molecule has 0 spiro atoms. The first-order chi connectivity index (χ1) is 9.72. The number of aromatic nitrogens is 2. The zero-order valence-corrected chi connectivity index (χ0v) is 11.7. The highest BCUT2D eigenvalue weighted by atomic mass is 32.2. The van der Waals surface area contributed by atoms with Crippen LogP contribution in [0, 0.1) is 11.6 Å². The van der Waals surface area contributed by atoms with Crippen molar-refractivity contribution < 1.29 is 8.78 Å². The summed E-state index contributed by atoms with van der Waals surface area (Å²) in [6.45, 7) is 0. The molecule has 3 rings (SSSR count). The van der Waals surface area contributed by atoms with Crippen molar-refractivity contribution in [3.05, 3.63) is 60.2 Å². The summed E-state index contributed by atoms with van der Waals surface area (Å²) in [7, 11) is 0. The lowest BCUT2D eigenvalue weighted by molar-refractivity contribution is 0.626. The van der Waals surface area contributed by atoms with E-state index in [4.69, 9.17) is 0 Å². The van der Waals surface area contributed by atoms with Crippen LogP contribution in [0.25, 0.3) is 11.3 Å². The number of nitrogens with zero attached hydrogens (tertiary/aromatic N) is 2. The molecule has 0 aliphatic rings. The molecular weight excluding hydrogens is 298 g/mol. The molecule has 0 aliphatic heterocycles. The van der Waals surface area contributed by atoms with Crippen molar-refractivity contribution in [3.8, 4) is 11.3 Å². The Morgan fingerprint density at radius 2 is 1.45 bits per heavy atom. The third-order valence-corrected chi connectivity index (χ3v) is 4.48. The maximum absolute atomic E-state index is 12.9. The quantitative estimate of drug-likeness (QED) is 0.705. The molecule has 2 nitrogen and oxygen atoms in total. The lowest BCUT2D eigenvalue weighted by Crippen LogP contribution is -1.82. The average molecular weight is 306 g/mol. The van der Waals surface area contributed by atoms with Gasteiger partial charge in [-0.05, 0) is 60.1 Å². The number of benzene rings is 2. The number of rotatable bonds is 3. The molecule has 0 unspecified atom stereocenters. The van der Waals surface area contributed by atoms with E-state index < -0.39 is 0 Å². The molecule has 0 aliphatic carbocycles. The molecule has 6 heteroatoms. The highest BCUT2D eigenvalue weighted by molar-refractivity contribution is 8.01. The van der Waals surface area contributed by atoms with Crippen molar-refractivity contribution in [1.29, 1.82) is 0 Å². The van der Waals surface area contributed by atoms with Crippen molar-refractivity contribution in [3.63, 3.8) is 0 Å². The second-order valence-corrected chi connectivity index (χ2v) is 6.07. The Morgan fingerprint density at radius 1 is 0.850 bits per heavy atom. The van der Waals surface area contributed by atoms with E-state index in [9.17, 15) is 8.78 Å². The molecule has 2 aromatic carbocycles. The summed E-state index contributed by atoms with van der Waals surface area (Å²) in [6, 6.07) is 12.3. The first-order valence-electron chi connectivity index (χ1n) is 5.74. The monoisotopic (exact) mass is 306 g/mol. The topological polar surface area (TPSA) is 25.8 Å². The Labute approximate surface area is 122 Å². The lowest BCUT2D eigenvalue weighted by atomic mass is 10.2. The number of hydrogen-bond acceptors (Lipinski definition) is 4. The van der Waals surface area contributed by atoms with Crippen LogP contribution in [0.3, 0.4) is 0 Å². The predicted octanol–water partition coefficient (Wildman–Crippen LogP) is 4.63. The largest absolute Gasteiger partial charge is 0.207 e. The zero-order valence-electron chi connectivity index (χ0n) is 10.1. The van der Waals surface area contributed by atoms with Crippen molar-refractivity contribution in [1.82, 2.24) is 9.59 Å². The number of halogens is 2. The maximum Gasteiger partial charge on any atom is 0.123 e. The fourth-order valence-electron chi connectivity index (χ4n) is 1.64. The minimum absolute atomic E-state index is 0.268. The highest BCUT2D eigenvalue weighted by Crippen LogP contribution is 2.37. The van der Waals surface area contributed by atoms with Gasteiger partial charge < -0.3 is 0 Å². The summed E-state index contributed by atoms with van der Waals surface area (Å²) < 4.78 is 30.6. The highest BCUT2D eigenvalue weighted by Gasteiger charge is 2.12. The van der Waals surface area contributed by atoms with Gasteiger partial charge in [0.2, 0.25) is 0 Å². The second-order valence-electron chi connectivity index (χ2n) is 3.97. The van der Waals surface area contributed by atoms with Crippen LogP contribution in [0.1, 0.15) is 0 Å². The molecule has 0 fully saturated rings.